The van der Waals surface area contributed by atoms with Crippen LogP contribution in [-0.2, 0) is 4.79 Å². The van der Waals surface area contributed by atoms with Crippen LogP contribution in [0.5, 0.6) is 5.75 Å². The SMILES string of the molecule is COc1ccc(Cl)cc1NC(=O)CCNC1=NCCCN1. The van der Waals surface area contributed by atoms with E-state index in [9.17, 15) is 4.79 Å². The molecule has 1 aliphatic heterocycles. The molecule has 0 bridgehead atoms. The molecule has 0 unspecified atom stereocenters. The first kappa shape index (κ1) is 15.4. The molecule has 0 atom stereocenters. The highest BCUT2D eigenvalue weighted by molar-refractivity contribution is 6.31. The van der Waals surface area contributed by atoms with Crippen molar-refractivity contribution in [3.05, 3.63) is 23.2 Å². The third kappa shape index (κ3) is 4.82. The van der Waals surface area contributed by atoms with E-state index in [0.717, 1.165) is 25.5 Å². The molecule has 0 saturated heterocycles. The van der Waals surface area contributed by atoms with Gasteiger partial charge in [0, 0.05) is 31.1 Å². The summed E-state index contributed by atoms with van der Waals surface area (Å²) in [6.07, 6.45) is 1.37. The van der Waals surface area contributed by atoms with Gasteiger partial charge in [-0.25, -0.2) is 0 Å². The first-order chi connectivity index (χ1) is 10.2. The van der Waals surface area contributed by atoms with Gasteiger partial charge in [-0.1, -0.05) is 11.6 Å². The lowest BCUT2D eigenvalue weighted by Gasteiger charge is -2.16. The van der Waals surface area contributed by atoms with Gasteiger partial charge in [-0.3, -0.25) is 9.79 Å². The second-order valence-electron chi connectivity index (χ2n) is 4.58. The summed E-state index contributed by atoms with van der Waals surface area (Å²) >= 11 is 5.92. The van der Waals surface area contributed by atoms with Crippen molar-refractivity contribution in [1.29, 1.82) is 0 Å². The first-order valence-electron chi connectivity index (χ1n) is 6.84. The van der Waals surface area contributed by atoms with Gasteiger partial charge in [-0.2, -0.15) is 0 Å². The number of rotatable bonds is 5. The van der Waals surface area contributed by atoms with Crippen LogP contribution in [0.2, 0.25) is 5.02 Å². The van der Waals surface area contributed by atoms with Gasteiger partial charge in [0.25, 0.3) is 0 Å². The third-order valence-electron chi connectivity index (χ3n) is 2.98. The van der Waals surface area contributed by atoms with Crippen LogP contribution in [0.4, 0.5) is 5.69 Å². The van der Waals surface area contributed by atoms with Crippen LogP contribution in [0.25, 0.3) is 0 Å². The van der Waals surface area contributed by atoms with Crippen molar-refractivity contribution in [3.63, 3.8) is 0 Å². The number of benzene rings is 1. The summed E-state index contributed by atoms with van der Waals surface area (Å²) in [6.45, 7) is 2.25. The van der Waals surface area contributed by atoms with E-state index in [2.05, 4.69) is 20.9 Å². The molecular weight excluding hydrogens is 292 g/mol. The number of amides is 1. The van der Waals surface area contributed by atoms with Crippen molar-refractivity contribution in [2.45, 2.75) is 12.8 Å². The molecule has 0 radical (unpaired) electrons. The Balaban J connectivity index is 1.81. The molecule has 0 aromatic heterocycles. The molecule has 21 heavy (non-hydrogen) atoms. The number of aliphatic imine (C=N–C) groups is 1. The highest BCUT2D eigenvalue weighted by Gasteiger charge is 2.09. The van der Waals surface area contributed by atoms with Crippen molar-refractivity contribution in [2.75, 3.05) is 32.1 Å². The van der Waals surface area contributed by atoms with Crippen LogP contribution in [0, 0.1) is 0 Å². The Labute approximate surface area is 128 Å². The third-order valence-corrected chi connectivity index (χ3v) is 3.21. The summed E-state index contributed by atoms with van der Waals surface area (Å²) in [5.74, 6) is 1.23. The maximum absolute atomic E-state index is 11.9. The number of halogens is 1. The topological polar surface area (TPSA) is 74.8 Å². The zero-order chi connectivity index (χ0) is 15.1. The largest absolute Gasteiger partial charge is 0.495 e. The maximum atomic E-state index is 11.9. The van der Waals surface area contributed by atoms with E-state index >= 15 is 0 Å². The molecule has 2 rings (SSSR count). The zero-order valence-corrected chi connectivity index (χ0v) is 12.7. The van der Waals surface area contributed by atoms with E-state index < -0.39 is 0 Å². The number of nitrogens with zero attached hydrogens (tertiary/aromatic N) is 1. The van der Waals surface area contributed by atoms with Gasteiger partial charge in [0.05, 0.1) is 12.8 Å². The van der Waals surface area contributed by atoms with Crippen LogP contribution >= 0.6 is 11.6 Å². The summed E-state index contributed by atoms with van der Waals surface area (Å²) < 4.78 is 5.18. The molecule has 1 amide bonds. The second kappa shape index (κ2) is 7.73. The maximum Gasteiger partial charge on any atom is 0.226 e. The second-order valence-corrected chi connectivity index (χ2v) is 5.02. The lowest BCUT2D eigenvalue weighted by Crippen LogP contribution is -2.41. The highest BCUT2D eigenvalue weighted by Crippen LogP contribution is 2.27. The molecule has 0 saturated carbocycles. The molecule has 1 heterocycles. The van der Waals surface area contributed by atoms with Crippen molar-refractivity contribution in [2.24, 2.45) is 4.99 Å². The number of hydrogen-bond acceptors (Lipinski definition) is 5. The van der Waals surface area contributed by atoms with Gasteiger partial charge < -0.3 is 20.7 Å². The van der Waals surface area contributed by atoms with E-state index in [4.69, 9.17) is 16.3 Å². The summed E-state index contributed by atoms with van der Waals surface area (Å²) in [5, 5.41) is 9.57. The first-order valence-corrected chi connectivity index (χ1v) is 7.22. The average molecular weight is 311 g/mol. The van der Waals surface area contributed by atoms with Crippen LogP contribution in [0.15, 0.2) is 23.2 Å². The van der Waals surface area contributed by atoms with Crippen LogP contribution in [0.3, 0.4) is 0 Å². The van der Waals surface area contributed by atoms with Crippen LogP contribution < -0.4 is 20.7 Å². The predicted molar refractivity (Wildman–Crippen MR) is 84.2 cm³/mol. The number of carbonyl (C=O) groups is 1. The summed E-state index contributed by atoms with van der Waals surface area (Å²) in [5.41, 5.74) is 0.572. The summed E-state index contributed by atoms with van der Waals surface area (Å²) in [7, 11) is 1.55. The van der Waals surface area contributed by atoms with E-state index in [1.165, 1.54) is 0 Å². The molecule has 114 valence electrons. The quantitative estimate of drug-likeness (QED) is 0.772. The predicted octanol–water partition coefficient (Wildman–Crippen LogP) is 1.62. The smallest absolute Gasteiger partial charge is 0.226 e. The average Bonchev–Trinajstić information content (AvgIpc) is 2.48. The molecule has 0 fully saturated rings. The Morgan fingerprint density at radius 2 is 2.38 bits per heavy atom. The number of guanidine groups is 1. The molecule has 0 aliphatic carbocycles. The monoisotopic (exact) mass is 310 g/mol. The molecule has 6 nitrogen and oxygen atoms in total. The fourth-order valence-corrected chi connectivity index (χ4v) is 2.11. The van der Waals surface area contributed by atoms with Crippen molar-refractivity contribution in [3.8, 4) is 5.75 Å². The fourth-order valence-electron chi connectivity index (χ4n) is 1.94. The molecule has 1 aliphatic rings. The Bertz CT molecular complexity index is 534. The van der Waals surface area contributed by atoms with Gasteiger partial charge in [-0.05, 0) is 24.6 Å². The minimum Gasteiger partial charge on any atom is -0.495 e. The number of anilines is 1. The number of ether oxygens (including phenoxy) is 1. The van der Waals surface area contributed by atoms with E-state index in [-0.39, 0.29) is 5.91 Å². The summed E-state index contributed by atoms with van der Waals surface area (Å²) in [6, 6.07) is 5.10. The molecule has 3 N–H and O–H groups in total. The molecule has 1 aromatic carbocycles. The number of methoxy groups -OCH3 is 1. The van der Waals surface area contributed by atoms with Gasteiger partial charge >= 0.3 is 0 Å². The molecule has 7 heteroatoms. The van der Waals surface area contributed by atoms with Crippen LogP contribution in [0.1, 0.15) is 12.8 Å². The molecule has 1 aromatic rings. The Hall–Kier alpha value is -1.95. The Morgan fingerprint density at radius 3 is 3.10 bits per heavy atom. The Morgan fingerprint density at radius 1 is 1.52 bits per heavy atom. The Kier molecular flexibility index (Phi) is 5.68. The van der Waals surface area contributed by atoms with Gasteiger partial charge in [0.2, 0.25) is 5.91 Å². The standard InChI is InChI=1S/C14H19ClN4O2/c1-21-12-4-3-10(15)9-11(12)19-13(20)5-8-18-14-16-6-2-7-17-14/h3-4,9H,2,5-8H2,1H3,(H,19,20)(H2,16,17,18). The van der Waals surface area contributed by atoms with Crippen molar-refractivity contribution < 1.29 is 9.53 Å². The van der Waals surface area contributed by atoms with E-state index in [1.54, 1.807) is 25.3 Å². The lowest BCUT2D eigenvalue weighted by atomic mass is 10.2. The van der Waals surface area contributed by atoms with E-state index in [1.807, 2.05) is 0 Å². The number of nitrogens with one attached hydrogen (secondary N) is 3. The van der Waals surface area contributed by atoms with Crippen molar-refractivity contribution in [1.82, 2.24) is 10.6 Å². The normalized spacial score (nSPS) is 13.9. The van der Waals surface area contributed by atoms with Crippen molar-refractivity contribution >= 4 is 29.2 Å². The lowest BCUT2D eigenvalue weighted by molar-refractivity contribution is -0.116. The zero-order valence-electron chi connectivity index (χ0n) is 11.9. The van der Waals surface area contributed by atoms with Gasteiger partial charge in [0.1, 0.15) is 5.75 Å². The minimum absolute atomic E-state index is 0.112. The fraction of sp³-hybridized carbons (Fsp3) is 0.429. The summed E-state index contributed by atoms with van der Waals surface area (Å²) in [4.78, 5) is 16.2. The van der Waals surface area contributed by atoms with E-state index in [0.29, 0.717) is 29.4 Å². The molecule has 0 spiro atoms. The van der Waals surface area contributed by atoms with Crippen LogP contribution in [-0.4, -0.2) is 38.6 Å². The highest BCUT2D eigenvalue weighted by atomic mass is 35.5. The molecular formula is C14H19ClN4O2. The van der Waals surface area contributed by atoms with Gasteiger partial charge in [-0.15, -0.1) is 0 Å². The number of hydrogen-bond donors (Lipinski definition) is 3. The minimum atomic E-state index is -0.112. The van der Waals surface area contributed by atoms with Gasteiger partial charge in [0.15, 0.2) is 5.96 Å². The number of carbonyl (C=O) groups excluding carboxylic acids is 1.